The molecular formula is C23H26N2O5. The van der Waals surface area contributed by atoms with Gasteiger partial charge >= 0.3 is 5.97 Å². The topological polar surface area (TPSA) is 84.9 Å². The number of ether oxygens (including phenoxy) is 2. The predicted octanol–water partition coefficient (Wildman–Crippen LogP) is 3.37. The Bertz CT molecular complexity index is 860. The third kappa shape index (κ3) is 5.24. The quantitative estimate of drug-likeness (QED) is 0.347. The molecule has 158 valence electrons. The van der Waals surface area contributed by atoms with Crippen LogP contribution in [0.4, 0.5) is 5.69 Å². The van der Waals surface area contributed by atoms with Gasteiger partial charge in [-0.1, -0.05) is 25.5 Å². The van der Waals surface area contributed by atoms with Gasteiger partial charge in [0.25, 0.3) is 11.8 Å². The Kier molecular flexibility index (Phi) is 7.57. The van der Waals surface area contributed by atoms with E-state index in [2.05, 4.69) is 12.2 Å². The number of anilines is 1. The molecule has 0 aliphatic carbocycles. The smallest absolute Gasteiger partial charge is 0.338 e. The zero-order chi connectivity index (χ0) is 21.3. The molecule has 0 aromatic heterocycles. The molecule has 1 N–H and O–H groups in total. The lowest BCUT2D eigenvalue weighted by atomic mass is 10.1. The number of unbranched alkanes of at least 4 members (excludes halogenated alkanes) is 1. The SMILES string of the molecule is CCCCNc1ccc(C(=O)OCCOCCN2C(=O)c3ccccc3C2=O)cc1. The number of rotatable bonds is 11. The Balaban J connectivity index is 1.33. The van der Waals surface area contributed by atoms with Gasteiger partial charge in [-0.3, -0.25) is 14.5 Å². The first-order chi connectivity index (χ1) is 14.6. The molecule has 7 heteroatoms. The Morgan fingerprint density at radius 2 is 1.60 bits per heavy atom. The Hall–Kier alpha value is -3.19. The summed E-state index contributed by atoms with van der Waals surface area (Å²) >= 11 is 0. The average molecular weight is 410 g/mol. The van der Waals surface area contributed by atoms with Crippen LogP contribution < -0.4 is 5.32 Å². The van der Waals surface area contributed by atoms with E-state index in [1.807, 2.05) is 12.1 Å². The van der Waals surface area contributed by atoms with Crippen molar-refractivity contribution in [3.8, 4) is 0 Å². The first-order valence-corrected chi connectivity index (χ1v) is 10.2. The van der Waals surface area contributed by atoms with Gasteiger partial charge < -0.3 is 14.8 Å². The molecule has 2 aromatic carbocycles. The second-order valence-corrected chi connectivity index (χ2v) is 6.91. The van der Waals surface area contributed by atoms with E-state index in [-0.39, 0.29) is 38.2 Å². The second-order valence-electron chi connectivity index (χ2n) is 6.91. The molecule has 2 amide bonds. The highest BCUT2D eigenvalue weighted by Gasteiger charge is 2.34. The van der Waals surface area contributed by atoms with Crippen LogP contribution in [0.2, 0.25) is 0 Å². The number of fused-ring (bicyclic) bond motifs is 1. The molecule has 0 atom stereocenters. The molecular weight excluding hydrogens is 384 g/mol. The van der Waals surface area contributed by atoms with Crippen molar-refractivity contribution in [3.63, 3.8) is 0 Å². The van der Waals surface area contributed by atoms with Crippen LogP contribution >= 0.6 is 0 Å². The summed E-state index contributed by atoms with van der Waals surface area (Å²) in [5.74, 6) is -1.03. The largest absolute Gasteiger partial charge is 0.460 e. The van der Waals surface area contributed by atoms with Crippen LogP contribution in [0.25, 0.3) is 0 Å². The molecule has 0 saturated carbocycles. The minimum Gasteiger partial charge on any atom is -0.460 e. The van der Waals surface area contributed by atoms with Crippen molar-refractivity contribution in [2.24, 2.45) is 0 Å². The molecule has 2 aromatic rings. The maximum absolute atomic E-state index is 12.2. The van der Waals surface area contributed by atoms with Crippen molar-refractivity contribution in [1.82, 2.24) is 4.90 Å². The van der Waals surface area contributed by atoms with Gasteiger partial charge in [-0.2, -0.15) is 0 Å². The summed E-state index contributed by atoms with van der Waals surface area (Å²) in [4.78, 5) is 37.7. The lowest BCUT2D eigenvalue weighted by molar-refractivity contribution is 0.0283. The second kappa shape index (κ2) is 10.5. The summed E-state index contributed by atoms with van der Waals surface area (Å²) in [6.07, 6.45) is 2.22. The van der Waals surface area contributed by atoms with Crippen molar-refractivity contribution < 1.29 is 23.9 Å². The van der Waals surface area contributed by atoms with Crippen molar-refractivity contribution in [1.29, 1.82) is 0 Å². The van der Waals surface area contributed by atoms with Crippen molar-refractivity contribution in [2.45, 2.75) is 19.8 Å². The molecule has 3 rings (SSSR count). The van der Waals surface area contributed by atoms with Gasteiger partial charge in [-0.15, -0.1) is 0 Å². The molecule has 7 nitrogen and oxygen atoms in total. The Morgan fingerprint density at radius 3 is 2.23 bits per heavy atom. The van der Waals surface area contributed by atoms with Crippen molar-refractivity contribution >= 4 is 23.5 Å². The molecule has 30 heavy (non-hydrogen) atoms. The van der Waals surface area contributed by atoms with Gasteiger partial charge in [0, 0.05) is 12.2 Å². The van der Waals surface area contributed by atoms with Crippen molar-refractivity contribution in [3.05, 3.63) is 65.2 Å². The summed E-state index contributed by atoms with van der Waals surface area (Å²) in [7, 11) is 0. The summed E-state index contributed by atoms with van der Waals surface area (Å²) in [6.45, 7) is 3.66. The number of amides is 2. The third-order valence-electron chi connectivity index (χ3n) is 4.78. The average Bonchev–Trinajstić information content (AvgIpc) is 3.01. The lowest BCUT2D eigenvalue weighted by Gasteiger charge is -2.13. The third-order valence-corrected chi connectivity index (χ3v) is 4.78. The molecule has 0 saturated heterocycles. The standard InChI is InChI=1S/C23H26N2O5/c1-2-3-12-24-18-10-8-17(9-11-18)23(28)30-16-15-29-14-13-25-21(26)19-6-4-5-7-20(19)22(25)27/h4-11,24H,2-3,12-16H2,1H3. The summed E-state index contributed by atoms with van der Waals surface area (Å²) < 4.78 is 10.6. The molecule has 0 fully saturated rings. The number of esters is 1. The Labute approximate surface area is 176 Å². The van der Waals surface area contributed by atoms with Gasteiger partial charge in [0.1, 0.15) is 6.61 Å². The van der Waals surface area contributed by atoms with E-state index in [9.17, 15) is 14.4 Å². The number of imide groups is 1. The zero-order valence-electron chi connectivity index (χ0n) is 17.1. The highest BCUT2D eigenvalue weighted by molar-refractivity contribution is 6.21. The predicted molar refractivity (Wildman–Crippen MR) is 113 cm³/mol. The number of benzene rings is 2. The molecule has 0 unspecified atom stereocenters. The Morgan fingerprint density at radius 1 is 0.933 bits per heavy atom. The monoisotopic (exact) mass is 410 g/mol. The minimum absolute atomic E-state index is 0.0947. The van der Waals surface area contributed by atoms with Crippen LogP contribution in [-0.2, 0) is 9.47 Å². The van der Waals surface area contributed by atoms with Crippen LogP contribution in [0.3, 0.4) is 0 Å². The van der Waals surface area contributed by atoms with E-state index in [1.54, 1.807) is 36.4 Å². The van der Waals surface area contributed by atoms with Crippen LogP contribution in [0.1, 0.15) is 50.8 Å². The van der Waals surface area contributed by atoms with E-state index in [1.165, 1.54) is 4.90 Å². The van der Waals surface area contributed by atoms with Crippen molar-refractivity contribution in [2.75, 3.05) is 38.2 Å². The van der Waals surface area contributed by atoms with Crippen LogP contribution in [0, 0.1) is 0 Å². The van der Waals surface area contributed by atoms with Gasteiger partial charge in [0.05, 0.1) is 36.4 Å². The highest BCUT2D eigenvalue weighted by Crippen LogP contribution is 2.21. The number of hydrogen-bond donors (Lipinski definition) is 1. The number of carbonyl (C=O) groups excluding carboxylic acids is 3. The zero-order valence-corrected chi connectivity index (χ0v) is 17.1. The molecule has 0 bridgehead atoms. The van der Waals surface area contributed by atoms with E-state index >= 15 is 0 Å². The van der Waals surface area contributed by atoms with Crippen LogP contribution in [-0.4, -0.2) is 55.6 Å². The summed E-state index contributed by atoms with van der Waals surface area (Å²) in [5, 5.41) is 3.29. The fraction of sp³-hybridized carbons (Fsp3) is 0.348. The first-order valence-electron chi connectivity index (χ1n) is 10.2. The fourth-order valence-corrected chi connectivity index (χ4v) is 3.11. The number of nitrogens with zero attached hydrogens (tertiary/aromatic N) is 1. The number of nitrogens with one attached hydrogen (secondary N) is 1. The van der Waals surface area contributed by atoms with E-state index < -0.39 is 5.97 Å². The fourth-order valence-electron chi connectivity index (χ4n) is 3.11. The van der Waals surface area contributed by atoms with E-state index in [0.29, 0.717) is 16.7 Å². The van der Waals surface area contributed by atoms with Gasteiger partial charge in [0.15, 0.2) is 0 Å². The van der Waals surface area contributed by atoms with Gasteiger partial charge in [-0.05, 0) is 42.8 Å². The maximum atomic E-state index is 12.2. The summed E-state index contributed by atoms with van der Waals surface area (Å²) in [5.41, 5.74) is 2.28. The van der Waals surface area contributed by atoms with Gasteiger partial charge in [-0.25, -0.2) is 4.79 Å². The van der Waals surface area contributed by atoms with Crippen LogP contribution in [0.5, 0.6) is 0 Å². The summed E-state index contributed by atoms with van der Waals surface area (Å²) in [6, 6.07) is 13.9. The normalized spacial score (nSPS) is 12.8. The molecule has 1 heterocycles. The molecule has 0 radical (unpaired) electrons. The van der Waals surface area contributed by atoms with E-state index in [4.69, 9.17) is 9.47 Å². The lowest BCUT2D eigenvalue weighted by Crippen LogP contribution is -2.33. The van der Waals surface area contributed by atoms with E-state index in [0.717, 1.165) is 25.1 Å². The molecule has 1 aliphatic heterocycles. The maximum Gasteiger partial charge on any atom is 0.338 e. The number of hydrogen-bond acceptors (Lipinski definition) is 6. The minimum atomic E-state index is -0.418. The van der Waals surface area contributed by atoms with Crippen LogP contribution in [0.15, 0.2) is 48.5 Å². The molecule has 1 aliphatic rings. The number of carbonyl (C=O) groups is 3. The highest BCUT2D eigenvalue weighted by atomic mass is 16.6. The van der Waals surface area contributed by atoms with Gasteiger partial charge in [0.2, 0.25) is 0 Å². The molecule has 0 spiro atoms. The first kappa shape index (κ1) is 21.5.